The Kier molecular flexibility index (Phi) is 4.10. The molecule has 1 saturated heterocycles. The highest BCUT2D eigenvalue weighted by atomic mass is 15.3. The van der Waals surface area contributed by atoms with Crippen molar-refractivity contribution >= 4 is 0 Å². The molecule has 2 fully saturated rings. The van der Waals surface area contributed by atoms with Gasteiger partial charge in [0.1, 0.15) is 0 Å². The highest BCUT2D eigenvalue weighted by Gasteiger charge is 2.38. The average Bonchev–Trinajstić information content (AvgIpc) is 3.32. The number of nitrogens with one attached hydrogen (secondary N) is 1. The molecule has 1 aliphatic carbocycles. The molecule has 2 nitrogen and oxygen atoms in total. The second-order valence-corrected chi connectivity index (χ2v) is 6.23. The average molecular weight is 268 g/mol. The van der Waals surface area contributed by atoms with Crippen LogP contribution in [0.15, 0.2) is 30.3 Å². The summed E-state index contributed by atoms with van der Waals surface area (Å²) in [7, 11) is 0. The summed E-state index contributed by atoms with van der Waals surface area (Å²) >= 11 is 0. The lowest BCUT2D eigenvalue weighted by Gasteiger charge is -2.44. The normalized spacial score (nSPS) is 28.8. The Morgan fingerprint density at radius 1 is 1.35 bits per heavy atom. The number of hydrogen-bond acceptors (Lipinski definition) is 2. The Bertz CT molecular complexity index is 472. The van der Waals surface area contributed by atoms with Gasteiger partial charge in [-0.25, -0.2) is 0 Å². The minimum Gasteiger partial charge on any atom is -0.311 e. The van der Waals surface area contributed by atoms with Crippen LogP contribution in [-0.4, -0.2) is 30.1 Å². The van der Waals surface area contributed by atoms with Gasteiger partial charge in [0.05, 0.1) is 0 Å². The van der Waals surface area contributed by atoms with Crippen LogP contribution in [0.3, 0.4) is 0 Å². The van der Waals surface area contributed by atoms with E-state index in [2.05, 4.69) is 53.4 Å². The summed E-state index contributed by atoms with van der Waals surface area (Å²) in [6, 6.07) is 12.4. The van der Waals surface area contributed by atoms with Crippen molar-refractivity contribution in [2.24, 2.45) is 5.92 Å². The maximum absolute atomic E-state index is 5.53. The van der Waals surface area contributed by atoms with E-state index in [1.165, 1.54) is 18.4 Å². The fraction of sp³-hybridized carbons (Fsp3) is 0.556. The Morgan fingerprint density at radius 3 is 2.75 bits per heavy atom. The van der Waals surface area contributed by atoms with Crippen molar-refractivity contribution in [3.05, 3.63) is 35.9 Å². The molecule has 2 heteroatoms. The van der Waals surface area contributed by atoms with Gasteiger partial charge in [0.25, 0.3) is 0 Å². The van der Waals surface area contributed by atoms with E-state index >= 15 is 0 Å². The van der Waals surface area contributed by atoms with Gasteiger partial charge >= 0.3 is 0 Å². The van der Waals surface area contributed by atoms with Gasteiger partial charge in [-0.05, 0) is 31.2 Å². The zero-order valence-electron chi connectivity index (χ0n) is 12.3. The highest BCUT2D eigenvalue weighted by Crippen LogP contribution is 2.37. The largest absolute Gasteiger partial charge is 0.311 e. The molecule has 2 aliphatic rings. The molecule has 0 amide bonds. The summed E-state index contributed by atoms with van der Waals surface area (Å²) in [6.45, 7) is 4.44. The van der Waals surface area contributed by atoms with E-state index in [1.54, 1.807) is 0 Å². The molecule has 3 atom stereocenters. The van der Waals surface area contributed by atoms with Crippen molar-refractivity contribution < 1.29 is 0 Å². The fourth-order valence-electron chi connectivity index (χ4n) is 3.37. The predicted molar refractivity (Wildman–Crippen MR) is 83.3 cm³/mol. The van der Waals surface area contributed by atoms with E-state index in [0.29, 0.717) is 18.1 Å². The number of piperazine rings is 1. The summed E-state index contributed by atoms with van der Waals surface area (Å²) in [6.07, 6.45) is 9.16. The van der Waals surface area contributed by atoms with Gasteiger partial charge < -0.3 is 5.32 Å². The van der Waals surface area contributed by atoms with E-state index in [1.807, 2.05) is 0 Å². The third-order valence-electron chi connectivity index (χ3n) is 4.74. The zero-order chi connectivity index (χ0) is 13.9. The van der Waals surface area contributed by atoms with E-state index in [4.69, 9.17) is 6.42 Å². The topological polar surface area (TPSA) is 15.3 Å². The van der Waals surface area contributed by atoms with Crippen LogP contribution < -0.4 is 5.32 Å². The van der Waals surface area contributed by atoms with Gasteiger partial charge in [0.15, 0.2) is 0 Å². The summed E-state index contributed by atoms with van der Waals surface area (Å²) in [5.74, 6) is 3.73. The first kappa shape index (κ1) is 13.7. The molecular formula is C18H24N2. The third-order valence-corrected chi connectivity index (χ3v) is 4.74. The molecule has 1 heterocycles. The van der Waals surface area contributed by atoms with E-state index in [0.717, 1.165) is 25.4 Å². The molecule has 0 bridgehead atoms. The summed E-state index contributed by atoms with van der Waals surface area (Å²) < 4.78 is 0. The number of rotatable bonds is 4. The van der Waals surface area contributed by atoms with Crippen LogP contribution in [0.2, 0.25) is 0 Å². The molecule has 0 spiro atoms. The smallest absolute Gasteiger partial charge is 0.0476 e. The number of hydrogen-bond donors (Lipinski definition) is 1. The van der Waals surface area contributed by atoms with Crippen LogP contribution in [0.5, 0.6) is 0 Å². The minimum absolute atomic E-state index is 0.452. The Hall–Kier alpha value is -1.30. The van der Waals surface area contributed by atoms with Gasteiger partial charge in [0.2, 0.25) is 0 Å². The van der Waals surface area contributed by atoms with Crippen LogP contribution in [0.4, 0.5) is 0 Å². The van der Waals surface area contributed by atoms with Gasteiger partial charge in [-0.1, -0.05) is 30.3 Å². The van der Waals surface area contributed by atoms with Gasteiger partial charge in [-0.2, -0.15) is 0 Å². The van der Waals surface area contributed by atoms with Crippen molar-refractivity contribution in [2.75, 3.05) is 13.1 Å². The predicted octanol–water partition coefficient (Wildman–Crippen LogP) is 2.82. The van der Waals surface area contributed by atoms with Crippen LogP contribution in [-0.2, 0) is 0 Å². The molecule has 1 aromatic rings. The quantitative estimate of drug-likeness (QED) is 0.845. The standard InChI is InChI=1S/C18H24N2/c1-3-7-14(2)20-13-17(15-10-11-15)19-12-18(20)16-8-5-4-6-9-16/h1,4-6,8-9,14-15,17-19H,7,10-13H2,2H3. The first-order valence-electron chi connectivity index (χ1n) is 7.77. The molecule has 1 N–H and O–H groups in total. The molecular weight excluding hydrogens is 244 g/mol. The Balaban J connectivity index is 1.78. The van der Waals surface area contributed by atoms with E-state index in [9.17, 15) is 0 Å². The van der Waals surface area contributed by atoms with Crippen molar-refractivity contribution in [3.8, 4) is 12.3 Å². The highest BCUT2D eigenvalue weighted by molar-refractivity contribution is 5.21. The number of terminal acetylenes is 1. The zero-order valence-corrected chi connectivity index (χ0v) is 12.3. The summed E-state index contributed by atoms with van der Waals surface area (Å²) in [4.78, 5) is 2.62. The summed E-state index contributed by atoms with van der Waals surface area (Å²) in [5, 5.41) is 3.76. The van der Waals surface area contributed by atoms with Crippen LogP contribution >= 0.6 is 0 Å². The lowest BCUT2D eigenvalue weighted by molar-refractivity contribution is 0.0845. The molecule has 0 aromatic heterocycles. The summed E-state index contributed by atoms with van der Waals surface area (Å²) in [5.41, 5.74) is 1.40. The third kappa shape index (κ3) is 2.90. The lowest BCUT2D eigenvalue weighted by atomic mass is 9.97. The van der Waals surface area contributed by atoms with Crippen molar-refractivity contribution in [3.63, 3.8) is 0 Å². The maximum atomic E-state index is 5.53. The van der Waals surface area contributed by atoms with Gasteiger partial charge in [0, 0.05) is 37.6 Å². The van der Waals surface area contributed by atoms with Gasteiger partial charge in [-0.15, -0.1) is 12.3 Å². The van der Waals surface area contributed by atoms with Crippen molar-refractivity contribution in [1.29, 1.82) is 0 Å². The molecule has 20 heavy (non-hydrogen) atoms. The van der Waals surface area contributed by atoms with Crippen LogP contribution in [0.1, 0.15) is 37.8 Å². The van der Waals surface area contributed by atoms with Crippen LogP contribution in [0.25, 0.3) is 0 Å². The Morgan fingerprint density at radius 2 is 2.10 bits per heavy atom. The first-order chi connectivity index (χ1) is 9.79. The van der Waals surface area contributed by atoms with Crippen molar-refractivity contribution in [1.82, 2.24) is 10.2 Å². The number of nitrogens with zero attached hydrogens (tertiary/aromatic N) is 1. The Labute approximate surface area is 122 Å². The van der Waals surface area contributed by atoms with Crippen LogP contribution in [0, 0.1) is 18.3 Å². The lowest BCUT2D eigenvalue weighted by Crippen LogP contribution is -2.55. The van der Waals surface area contributed by atoms with Gasteiger partial charge in [-0.3, -0.25) is 4.90 Å². The molecule has 1 aliphatic heterocycles. The maximum Gasteiger partial charge on any atom is 0.0476 e. The molecule has 0 radical (unpaired) electrons. The minimum atomic E-state index is 0.452. The van der Waals surface area contributed by atoms with Crippen molar-refractivity contribution in [2.45, 2.75) is 44.3 Å². The SMILES string of the molecule is C#CCC(C)N1CC(C2CC2)NCC1c1ccccc1. The van der Waals surface area contributed by atoms with E-state index < -0.39 is 0 Å². The molecule has 3 rings (SSSR count). The monoisotopic (exact) mass is 268 g/mol. The fourth-order valence-corrected chi connectivity index (χ4v) is 3.37. The molecule has 1 saturated carbocycles. The number of benzene rings is 1. The molecule has 106 valence electrons. The first-order valence-corrected chi connectivity index (χ1v) is 7.77. The van der Waals surface area contributed by atoms with E-state index in [-0.39, 0.29) is 0 Å². The second-order valence-electron chi connectivity index (χ2n) is 6.23. The molecule has 1 aromatic carbocycles. The molecule has 3 unspecified atom stereocenters. The second kappa shape index (κ2) is 5.99.